The van der Waals surface area contributed by atoms with Crippen molar-refractivity contribution in [2.24, 2.45) is 0 Å². The van der Waals surface area contributed by atoms with Gasteiger partial charge in [0, 0.05) is 12.4 Å². The number of aliphatic carboxylic acids is 1. The van der Waals surface area contributed by atoms with Crippen molar-refractivity contribution in [1.82, 2.24) is 15.6 Å². The minimum atomic E-state index is -0.884. The average molecular weight is 277 g/mol. The van der Waals surface area contributed by atoms with Gasteiger partial charge in [-0.3, -0.25) is 9.78 Å². The first-order chi connectivity index (χ1) is 9.51. The first-order valence-electron chi connectivity index (χ1n) is 6.71. The molecule has 1 aromatic heterocycles. The van der Waals surface area contributed by atoms with Crippen molar-refractivity contribution in [2.45, 2.75) is 44.2 Å². The molecule has 1 atom stereocenters. The second kappa shape index (κ2) is 5.90. The molecule has 1 fully saturated rings. The van der Waals surface area contributed by atoms with Crippen molar-refractivity contribution in [2.75, 3.05) is 0 Å². The van der Waals surface area contributed by atoms with Crippen LogP contribution in [0.25, 0.3) is 0 Å². The summed E-state index contributed by atoms with van der Waals surface area (Å²) >= 11 is 0. The number of carboxylic acid groups (broad SMARTS) is 1. The van der Waals surface area contributed by atoms with Gasteiger partial charge >= 0.3 is 12.0 Å². The maximum Gasteiger partial charge on any atom is 0.315 e. The van der Waals surface area contributed by atoms with Gasteiger partial charge in [0.05, 0.1) is 18.0 Å². The Morgan fingerprint density at radius 3 is 2.75 bits per heavy atom. The van der Waals surface area contributed by atoms with Crippen molar-refractivity contribution in [3.8, 4) is 0 Å². The van der Waals surface area contributed by atoms with Crippen LogP contribution in [0.3, 0.4) is 0 Å². The fourth-order valence-electron chi connectivity index (χ4n) is 2.43. The Morgan fingerprint density at radius 2 is 2.25 bits per heavy atom. The van der Waals surface area contributed by atoms with Gasteiger partial charge in [0.2, 0.25) is 0 Å². The van der Waals surface area contributed by atoms with Crippen LogP contribution in [0.5, 0.6) is 0 Å². The van der Waals surface area contributed by atoms with E-state index in [1.54, 1.807) is 12.4 Å². The Kier molecular flexibility index (Phi) is 4.22. The lowest BCUT2D eigenvalue weighted by molar-refractivity contribution is -0.139. The van der Waals surface area contributed by atoms with E-state index in [0.717, 1.165) is 12.0 Å². The highest BCUT2D eigenvalue weighted by atomic mass is 16.4. The summed E-state index contributed by atoms with van der Waals surface area (Å²) in [6, 6.07) is 3.19. The number of carbonyl (C=O) groups is 2. The second-order valence-electron chi connectivity index (χ2n) is 5.31. The maximum atomic E-state index is 12.0. The van der Waals surface area contributed by atoms with Gasteiger partial charge in [0.25, 0.3) is 0 Å². The van der Waals surface area contributed by atoms with Crippen LogP contribution in [0.1, 0.15) is 44.2 Å². The molecule has 0 saturated heterocycles. The van der Waals surface area contributed by atoms with Crippen molar-refractivity contribution in [3.05, 3.63) is 30.1 Å². The summed E-state index contributed by atoms with van der Waals surface area (Å²) in [4.78, 5) is 26.8. The van der Waals surface area contributed by atoms with Crippen LogP contribution in [0, 0.1) is 0 Å². The monoisotopic (exact) mass is 277 g/mol. The molecule has 1 heterocycles. The molecule has 2 amide bonds. The zero-order valence-electron chi connectivity index (χ0n) is 11.4. The molecule has 0 aliphatic heterocycles. The highest BCUT2D eigenvalue weighted by Crippen LogP contribution is 2.34. The van der Waals surface area contributed by atoms with Crippen LogP contribution in [0.4, 0.5) is 4.79 Å². The molecule has 6 heteroatoms. The number of aromatic nitrogens is 1. The normalized spacial score (nSPS) is 17.6. The van der Waals surface area contributed by atoms with E-state index in [2.05, 4.69) is 15.6 Å². The summed E-state index contributed by atoms with van der Waals surface area (Å²) in [6.45, 7) is 1.86. The molecule has 108 valence electrons. The molecule has 6 nitrogen and oxygen atoms in total. The first-order valence-corrected chi connectivity index (χ1v) is 6.71. The number of hydrogen-bond donors (Lipinski definition) is 3. The third-order valence-electron chi connectivity index (χ3n) is 3.71. The van der Waals surface area contributed by atoms with Crippen molar-refractivity contribution >= 4 is 12.0 Å². The highest BCUT2D eigenvalue weighted by molar-refractivity contribution is 5.77. The standard InChI is InChI=1S/C14H19N3O3/c1-10(11-4-2-7-15-9-11)16-13(20)17-14(5-3-6-14)8-12(18)19/h2,4,7,9-10H,3,5-6,8H2,1H3,(H,18,19)(H2,16,17,20). The number of nitrogens with one attached hydrogen (secondary N) is 2. The Balaban J connectivity index is 1.90. The topological polar surface area (TPSA) is 91.3 Å². The number of pyridine rings is 1. The van der Waals surface area contributed by atoms with Crippen LogP contribution < -0.4 is 10.6 Å². The van der Waals surface area contributed by atoms with Crippen LogP contribution >= 0.6 is 0 Å². The molecule has 1 aliphatic rings. The van der Waals surface area contributed by atoms with Crippen LogP contribution in [-0.4, -0.2) is 27.6 Å². The predicted molar refractivity (Wildman–Crippen MR) is 73.2 cm³/mol. The average Bonchev–Trinajstić information content (AvgIpc) is 2.36. The van der Waals surface area contributed by atoms with Gasteiger partial charge in [0.1, 0.15) is 0 Å². The smallest absolute Gasteiger partial charge is 0.315 e. The first kappa shape index (κ1) is 14.3. The fraction of sp³-hybridized carbons (Fsp3) is 0.500. The van der Waals surface area contributed by atoms with Gasteiger partial charge in [-0.2, -0.15) is 0 Å². The zero-order chi connectivity index (χ0) is 14.6. The van der Waals surface area contributed by atoms with Crippen molar-refractivity contribution < 1.29 is 14.7 Å². The Bertz CT molecular complexity index is 486. The SMILES string of the molecule is CC(NC(=O)NC1(CC(=O)O)CCC1)c1cccnc1. The van der Waals surface area contributed by atoms with E-state index >= 15 is 0 Å². The molecule has 2 rings (SSSR count). The van der Waals surface area contributed by atoms with E-state index in [-0.39, 0.29) is 18.5 Å². The Labute approximate surface area is 117 Å². The molecule has 20 heavy (non-hydrogen) atoms. The number of rotatable bonds is 5. The molecule has 1 saturated carbocycles. The molecule has 1 aromatic rings. The predicted octanol–water partition coefficient (Wildman–Crippen LogP) is 1.84. The summed E-state index contributed by atoms with van der Waals surface area (Å²) in [5.74, 6) is -0.884. The quantitative estimate of drug-likeness (QED) is 0.765. The molecule has 0 radical (unpaired) electrons. The lowest BCUT2D eigenvalue weighted by Gasteiger charge is -2.41. The number of urea groups is 1. The minimum absolute atomic E-state index is 0.0261. The van der Waals surface area contributed by atoms with E-state index in [1.807, 2.05) is 19.1 Å². The van der Waals surface area contributed by atoms with E-state index in [4.69, 9.17) is 5.11 Å². The highest BCUT2D eigenvalue weighted by Gasteiger charge is 2.40. The van der Waals surface area contributed by atoms with Crippen LogP contribution in [0.15, 0.2) is 24.5 Å². The Morgan fingerprint density at radius 1 is 1.50 bits per heavy atom. The Hall–Kier alpha value is -2.11. The van der Waals surface area contributed by atoms with Gasteiger partial charge in [-0.25, -0.2) is 4.79 Å². The number of nitrogens with zero attached hydrogens (tertiary/aromatic N) is 1. The zero-order valence-corrected chi connectivity index (χ0v) is 11.4. The van der Waals surface area contributed by atoms with E-state index in [1.165, 1.54) is 0 Å². The largest absolute Gasteiger partial charge is 0.481 e. The molecule has 0 aromatic carbocycles. The molecular formula is C14H19N3O3. The number of amides is 2. The van der Waals surface area contributed by atoms with Crippen molar-refractivity contribution in [1.29, 1.82) is 0 Å². The van der Waals surface area contributed by atoms with Gasteiger partial charge < -0.3 is 15.7 Å². The van der Waals surface area contributed by atoms with E-state index in [9.17, 15) is 9.59 Å². The van der Waals surface area contributed by atoms with Gasteiger partial charge in [-0.1, -0.05) is 6.07 Å². The summed E-state index contributed by atoms with van der Waals surface area (Å²) < 4.78 is 0. The van der Waals surface area contributed by atoms with E-state index < -0.39 is 11.5 Å². The fourth-order valence-corrected chi connectivity index (χ4v) is 2.43. The molecule has 0 spiro atoms. The second-order valence-corrected chi connectivity index (χ2v) is 5.31. The van der Waals surface area contributed by atoms with E-state index in [0.29, 0.717) is 12.8 Å². The number of carboxylic acids is 1. The maximum absolute atomic E-state index is 12.0. The molecule has 3 N–H and O–H groups in total. The van der Waals surface area contributed by atoms with Crippen LogP contribution in [0.2, 0.25) is 0 Å². The van der Waals surface area contributed by atoms with Crippen LogP contribution in [-0.2, 0) is 4.79 Å². The minimum Gasteiger partial charge on any atom is -0.481 e. The lowest BCUT2D eigenvalue weighted by Crippen LogP contribution is -2.57. The van der Waals surface area contributed by atoms with Crippen molar-refractivity contribution in [3.63, 3.8) is 0 Å². The molecule has 0 bridgehead atoms. The summed E-state index contributed by atoms with van der Waals surface area (Å²) in [6.07, 6.45) is 5.73. The third-order valence-corrected chi connectivity index (χ3v) is 3.71. The molecular weight excluding hydrogens is 258 g/mol. The lowest BCUT2D eigenvalue weighted by atomic mass is 9.74. The summed E-state index contributed by atoms with van der Waals surface area (Å²) in [5, 5.41) is 14.5. The number of carbonyl (C=O) groups excluding carboxylic acids is 1. The summed E-state index contributed by atoms with van der Waals surface area (Å²) in [7, 11) is 0. The molecule has 1 aliphatic carbocycles. The van der Waals surface area contributed by atoms with Gasteiger partial charge in [-0.15, -0.1) is 0 Å². The summed E-state index contributed by atoms with van der Waals surface area (Å²) in [5.41, 5.74) is 0.327. The third kappa shape index (κ3) is 3.46. The van der Waals surface area contributed by atoms with Gasteiger partial charge in [-0.05, 0) is 37.8 Å². The molecule has 1 unspecified atom stereocenters. The van der Waals surface area contributed by atoms with Gasteiger partial charge in [0.15, 0.2) is 0 Å². The number of hydrogen-bond acceptors (Lipinski definition) is 3.